The van der Waals surface area contributed by atoms with Crippen LogP contribution in [0.2, 0.25) is 0 Å². The highest BCUT2D eigenvalue weighted by molar-refractivity contribution is 7.10. The molecule has 1 aliphatic heterocycles. The van der Waals surface area contributed by atoms with Gasteiger partial charge in [0.2, 0.25) is 0 Å². The predicted molar refractivity (Wildman–Crippen MR) is 67.4 cm³/mol. The fraction of sp³-hybridized carbons (Fsp3) is 0.500. The Morgan fingerprint density at radius 1 is 1.82 bits per heavy atom. The van der Waals surface area contributed by atoms with Crippen molar-refractivity contribution in [3.8, 4) is 6.07 Å². The lowest BCUT2D eigenvalue weighted by Gasteiger charge is -2.08. The maximum absolute atomic E-state index is 9.06. The molecule has 0 unspecified atom stereocenters. The minimum absolute atomic E-state index is 0.282. The number of nitrogens with one attached hydrogen (secondary N) is 1. The maximum atomic E-state index is 9.06. The van der Waals surface area contributed by atoms with Gasteiger partial charge in [0, 0.05) is 30.4 Å². The minimum Gasteiger partial charge on any atom is -0.387 e. The Hall–Kier alpha value is -1.38. The summed E-state index contributed by atoms with van der Waals surface area (Å²) in [5, 5.41) is 14.9. The van der Waals surface area contributed by atoms with E-state index in [0.29, 0.717) is 5.57 Å². The molecule has 0 aliphatic carbocycles. The molecule has 0 radical (unpaired) electrons. The van der Waals surface area contributed by atoms with E-state index < -0.39 is 0 Å². The summed E-state index contributed by atoms with van der Waals surface area (Å²) >= 11 is 1.49. The van der Waals surface area contributed by atoms with Crippen LogP contribution in [0.3, 0.4) is 0 Å². The van der Waals surface area contributed by atoms with Gasteiger partial charge in [-0.25, -0.2) is 4.98 Å². The van der Waals surface area contributed by atoms with E-state index >= 15 is 0 Å². The van der Waals surface area contributed by atoms with Gasteiger partial charge in [-0.15, -0.1) is 11.3 Å². The van der Waals surface area contributed by atoms with E-state index in [4.69, 9.17) is 10.00 Å². The third-order valence-corrected chi connectivity index (χ3v) is 3.58. The average Bonchev–Trinajstić information content (AvgIpc) is 2.96. The van der Waals surface area contributed by atoms with Gasteiger partial charge in [0.25, 0.3) is 0 Å². The van der Waals surface area contributed by atoms with Crippen molar-refractivity contribution in [3.63, 3.8) is 0 Å². The fourth-order valence-corrected chi connectivity index (χ4v) is 2.48. The first-order chi connectivity index (χ1) is 8.29. The van der Waals surface area contributed by atoms with Gasteiger partial charge in [-0.05, 0) is 19.8 Å². The van der Waals surface area contributed by atoms with Crippen LogP contribution >= 0.6 is 11.3 Å². The van der Waals surface area contributed by atoms with Crippen molar-refractivity contribution in [2.75, 3.05) is 13.2 Å². The molecule has 2 rings (SSSR count). The van der Waals surface area contributed by atoms with Crippen LogP contribution in [0.4, 0.5) is 0 Å². The molecule has 0 bridgehead atoms. The van der Waals surface area contributed by atoms with E-state index in [1.165, 1.54) is 11.3 Å². The van der Waals surface area contributed by atoms with E-state index in [-0.39, 0.29) is 6.10 Å². The highest BCUT2D eigenvalue weighted by atomic mass is 32.1. The molecule has 4 nitrogen and oxygen atoms in total. The van der Waals surface area contributed by atoms with Crippen molar-refractivity contribution >= 4 is 16.9 Å². The molecule has 0 saturated carbocycles. The average molecular weight is 249 g/mol. The molecule has 1 atom stereocenters. The summed E-state index contributed by atoms with van der Waals surface area (Å²) in [4.78, 5) is 4.29. The van der Waals surface area contributed by atoms with Crippen molar-refractivity contribution in [1.29, 1.82) is 5.26 Å². The molecule has 17 heavy (non-hydrogen) atoms. The fourth-order valence-electron chi connectivity index (χ4n) is 1.72. The second-order valence-electron chi connectivity index (χ2n) is 4.01. The zero-order valence-electron chi connectivity index (χ0n) is 9.77. The Bertz CT molecular complexity index is 441. The Morgan fingerprint density at radius 3 is 3.29 bits per heavy atom. The SMILES string of the molecule is Cc1csc(/C(C#N)=C\NC[C@H]2CCCO2)n1. The lowest BCUT2D eigenvalue weighted by Crippen LogP contribution is -2.22. The third kappa shape index (κ3) is 3.29. The number of ether oxygens (including phenoxy) is 1. The highest BCUT2D eigenvalue weighted by Gasteiger charge is 2.14. The predicted octanol–water partition coefficient (Wildman–Crippen LogP) is 2.08. The molecule has 1 N–H and O–H groups in total. The van der Waals surface area contributed by atoms with Crippen LogP contribution in [0, 0.1) is 18.3 Å². The van der Waals surface area contributed by atoms with E-state index in [1.807, 2.05) is 12.3 Å². The molecule has 1 aromatic rings. The van der Waals surface area contributed by atoms with Crippen LogP contribution in [0.1, 0.15) is 23.5 Å². The Labute approximate surface area is 105 Å². The molecule has 0 spiro atoms. The van der Waals surface area contributed by atoms with Gasteiger partial charge in [-0.1, -0.05) is 0 Å². The molecule has 2 heterocycles. The van der Waals surface area contributed by atoms with Crippen LogP contribution in [-0.2, 0) is 4.74 Å². The summed E-state index contributed by atoms with van der Waals surface area (Å²) < 4.78 is 5.49. The molecule has 90 valence electrons. The summed E-state index contributed by atoms with van der Waals surface area (Å²) in [7, 11) is 0. The van der Waals surface area contributed by atoms with E-state index in [2.05, 4.69) is 16.4 Å². The summed E-state index contributed by atoms with van der Waals surface area (Å²) in [6, 6.07) is 2.16. The quantitative estimate of drug-likeness (QED) is 0.830. The van der Waals surface area contributed by atoms with Gasteiger partial charge in [0.1, 0.15) is 16.6 Å². The zero-order chi connectivity index (χ0) is 12.1. The monoisotopic (exact) mass is 249 g/mol. The summed E-state index contributed by atoms with van der Waals surface area (Å²) in [5.74, 6) is 0. The van der Waals surface area contributed by atoms with E-state index in [0.717, 1.165) is 36.7 Å². The Morgan fingerprint density at radius 2 is 2.71 bits per heavy atom. The first-order valence-corrected chi connectivity index (χ1v) is 6.55. The van der Waals surface area contributed by atoms with Gasteiger partial charge in [-0.2, -0.15) is 5.26 Å². The number of thiazole rings is 1. The number of aromatic nitrogens is 1. The minimum atomic E-state index is 0.282. The summed E-state index contributed by atoms with van der Waals surface area (Å²) in [5.41, 5.74) is 1.53. The first kappa shape index (κ1) is 12.1. The van der Waals surface area contributed by atoms with Crippen molar-refractivity contribution in [2.24, 2.45) is 0 Å². The third-order valence-electron chi connectivity index (χ3n) is 2.59. The van der Waals surface area contributed by atoms with Crippen molar-refractivity contribution in [1.82, 2.24) is 10.3 Å². The topological polar surface area (TPSA) is 57.9 Å². The molecule has 1 aromatic heterocycles. The van der Waals surface area contributed by atoms with Crippen molar-refractivity contribution < 1.29 is 4.74 Å². The lowest BCUT2D eigenvalue weighted by atomic mass is 10.2. The highest BCUT2D eigenvalue weighted by Crippen LogP contribution is 2.18. The molecule has 5 heteroatoms. The molecule has 1 saturated heterocycles. The number of hydrogen-bond acceptors (Lipinski definition) is 5. The summed E-state index contributed by atoms with van der Waals surface area (Å²) in [6.07, 6.45) is 4.25. The lowest BCUT2D eigenvalue weighted by molar-refractivity contribution is 0.113. The largest absolute Gasteiger partial charge is 0.387 e. The van der Waals surface area contributed by atoms with E-state index in [1.54, 1.807) is 6.20 Å². The molecular formula is C12H15N3OS. The number of nitriles is 1. The van der Waals surface area contributed by atoms with E-state index in [9.17, 15) is 0 Å². The smallest absolute Gasteiger partial charge is 0.135 e. The molecule has 1 aliphatic rings. The Kier molecular flexibility index (Phi) is 4.13. The second kappa shape index (κ2) is 5.80. The molecule has 1 fully saturated rings. The maximum Gasteiger partial charge on any atom is 0.135 e. The van der Waals surface area contributed by atoms with Gasteiger partial charge in [0.15, 0.2) is 0 Å². The molecule has 0 amide bonds. The van der Waals surface area contributed by atoms with Crippen molar-refractivity contribution in [2.45, 2.75) is 25.9 Å². The van der Waals surface area contributed by atoms with Crippen LogP contribution in [0.25, 0.3) is 5.57 Å². The number of allylic oxidation sites excluding steroid dienone is 1. The van der Waals surface area contributed by atoms with Gasteiger partial charge in [-0.3, -0.25) is 0 Å². The van der Waals surface area contributed by atoms with Crippen molar-refractivity contribution in [3.05, 3.63) is 22.3 Å². The number of hydrogen-bond donors (Lipinski definition) is 1. The first-order valence-electron chi connectivity index (χ1n) is 5.67. The number of nitrogens with zero attached hydrogens (tertiary/aromatic N) is 2. The second-order valence-corrected chi connectivity index (χ2v) is 4.87. The zero-order valence-corrected chi connectivity index (χ0v) is 10.6. The molecular weight excluding hydrogens is 234 g/mol. The molecule has 0 aromatic carbocycles. The summed E-state index contributed by atoms with van der Waals surface area (Å²) in [6.45, 7) is 3.54. The van der Waals surface area contributed by atoms with Gasteiger partial charge >= 0.3 is 0 Å². The standard InChI is InChI=1S/C12H15N3OS/c1-9-8-17-12(15-9)10(5-13)6-14-7-11-3-2-4-16-11/h6,8,11,14H,2-4,7H2,1H3/b10-6-/t11-/m1/s1. The van der Waals surface area contributed by atoms with Gasteiger partial charge < -0.3 is 10.1 Å². The van der Waals surface area contributed by atoms with Crippen LogP contribution in [-0.4, -0.2) is 24.2 Å². The van der Waals surface area contributed by atoms with Crippen LogP contribution < -0.4 is 5.32 Å². The Balaban J connectivity index is 1.91. The van der Waals surface area contributed by atoms with Crippen LogP contribution in [0.15, 0.2) is 11.6 Å². The van der Waals surface area contributed by atoms with Gasteiger partial charge in [0.05, 0.1) is 6.10 Å². The normalized spacial score (nSPS) is 20.2. The number of rotatable bonds is 4. The van der Waals surface area contributed by atoms with Crippen LogP contribution in [0.5, 0.6) is 0 Å². The number of aryl methyl sites for hydroxylation is 1.